The third-order valence-corrected chi connectivity index (χ3v) is 9.43. The Morgan fingerprint density at radius 3 is 2.26 bits per heavy atom. The number of benzene rings is 2. The normalized spacial score (nSPS) is 18.4. The maximum absolute atomic E-state index is 13.2. The quantitative estimate of drug-likeness (QED) is 0.204. The van der Waals surface area contributed by atoms with E-state index in [4.69, 9.17) is 9.97 Å². The molecular weight excluding hydrogens is 587 g/mol. The van der Waals surface area contributed by atoms with E-state index < -0.39 is 11.7 Å². The summed E-state index contributed by atoms with van der Waals surface area (Å²) < 4.78 is 39.7. The molecule has 10 heteroatoms. The average Bonchev–Trinajstić information content (AvgIpc) is 3.07. The standard InChI is InChI=1S/C36H42F3N7/c1-26-23-32(14-18-40-26)44(3)30-12-6-27(7-13-30)24-46(33-5-4-20-45(25-33)31-16-21-43(2)22-17-31)35-41-19-15-34(42-35)28-8-10-29(11-9-28)36(37,38)39/h6-15,18-19,23,31,33H,4-5,16-17,20-22,24-25H2,1-3H3/t33-/m0/s1. The Hall–Kier alpha value is -4.02. The second kappa shape index (κ2) is 13.8. The van der Waals surface area contributed by atoms with Crippen LogP contribution in [0.5, 0.6) is 0 Å². The van der Waals surface area contributed by atoms with Crippen molar-refractivity contribution in [3.05, 3.63) is 95.9 Å². The monoisotopic (exact) mass is 629 g/mol. The summed E-state index contributed by atoms with van der Waals surface area (Å²) >= 11 is 0. The SMILES string of the molecule is Cc1cc(N(C)c2ccc(CN(c3nccc(-c4ccc(C(F)(F)F)cc4)n3)[C@H]3CCCN(C4CCN(C)CC4)C3)cc2)ccn1. The molecule has 0 N–H and O–H groups in total. The number of hydrogen-bond donors (Lipinski definition) is 0. The molecule has 7 nitrogen and oxygen atoms in total. The van der Waals surface area contributed by atoms with Gasteiger partial charge in [0, 0.05) is 67.2 Å². The smallest absolute Gasteiger partial charge is 0.345 e. The van der Waals surface area contributed by atoms with Gasteiger partial charge in [-0.1, -0.05) is 24.3 Å². The Bertz CT molecular complexity index is 1580. The summed E-state index contributed by atoms with van der Waals surface area (Å²) in [7, 11) is 4.25. The molecule has 0 amide bonds. The zero-order valence-corrected chi connectivity index (χ0v) is 26.8. The average molecular weight is 630 g/mol. The molecule has 0 aliphatic carbocycles. The fourth-order valence-corrected chi connectivity index (χ4v) is 6.68. The molecule has 2 saturated heterocycles. The number of anilines is 3. The van der Waals surface area contributed by atoms with E-state index in [0.29, 0.717) is 29.8 Å². The van der Waals surface area contributed by atoms with Crippen molar-refractivity contribution in [2.45, 2.75) is 57.4 Å². The van der Waals surface area contributed by atoms with Gasteiger partial charge in [0.05, 0.1) is 11.3 Å². The third-order valence-electron chi connectivity index (χ3n) is 9.43. The van der Waals surface area contributed by atoms with Crippen LogP contribution in [0.1, 0.15) is 42.5 Å². The zero-order chi connectivity index (χ0) is 32.3. The van der Waals surface area contributed by atoms with Gasteiger partial charge < -0.3 is 14.7 Å². The molecule has 2 aromatic heterocycles. The minimum absolute atomic E-state index is 0.207. The summed E-state index contributed by atoms with van der Waals surface area (Å²) in [6.07, 6.45) is 3.64. The van der Waals surface area contributed by atoms with Crippen molar-refractivity contribution in [2.24, 2.45) is 0 Å². The summed E-state index contributed by atoms with van der Waals surface area (Å²) in [5.41, 5.74) is 4.83. The van der Waals surface area contributed by atoms with Gasteiger partial charge in [0.2, 0.25) is 5.95 Å². The van der Waals surface area contributed by atoms with E-state index in [0.717, 1.165) is 73.8 Å². The fourth-order valence-electron chi connectivity index (χ4n) is 6.68. The lowest BCUT2D eigenvalue weighted by Gasteiger charge is -2.44. The molecule has 2 aromatic carbocycles. The van der Waals surface area contributed by atoms with Crippen LogP contribution in [-0.4, -0.2) is 77.1 Å². The first-order valence-electron chi connectivity index (χ1n) is 16.1. The van der Waals surface area contributed by atoms with Gasteiger partial charge >= 0.3 is 6.18 Å². The maximum Gasteiger partial charge on any atom is 0.416 e. The molecule has 2 fully saturated rings. The molecule has 4 heterocycles. The number of aryl methyl sites for hydroxylation is 1. The molecule has 2 aliphatic heterocycles. The summed E-state index contributed by atoms with van der Waals surface area (Å²) in [6, 6.07) is 20.4. The summed E-state index contributed by atoms with van der Waals surface area (Å²) in [5, 5.41) is 0. The Labute approximate surface area is 269 Å². The van der Waals surface area contributed by atoms with Crippen molar-refractivity contribution < 1.29 is 13.2 Å². The zero-order valence-electron chi connectivity index (χ0n) is 26.8. The van der Waals surface area contributed by atoms with Crippen molar-refractivity contribution in [2.75, 3.05) is 50.1 Å². The van der Waals surface area contributed by atoms with E-state index in [1.54, 1.807) is 12.3 Å². The first-order chi connectivity index (χ1) is 22.1. The number of rotatable bonds is 8. The molecule has 2 aliphatic rings. The fraction of sp³-hybridized carbons (Fsp3) is 0.417. The van der Waals surface area contributed by atoms with Gasteiger partial charge in [0.15, 0.2) is 0 Å². The van der Waals surface area contributed by atoms with Crippen LogP contribution in [0.15, 0.2) is 79.1 Å². The molecule has 1 atom stereocenters. The van der Waals surface area contributed by atoms with Crippen LogP contribution in [0.4, 0.5) is 30.5 Å². The number of hydrogen-bond acceptors (Lipinski definition) is 7. The highest BCUT2D eigenvalue weighted by atomic mass is 19.4. The lowest BCUT2D eigenvalue weighted by molar-refractivity contribution is -0.137. The molecule has 0 spiro atoms. The Balaban J connectivity index is 1.27. The van der Waals surface area contributed by atoms with E-state index in [1.807, 2.05) is 19.2 Å². The highest BCUT2D eigenvalue weighted by Gasteiger charge is 2.33. The number of piperidine rings is 2. The molecule has 46 heavy (non-hydrogen) atoms. The van der Waals surface area contributed by atoms with Crippen LogP contribution in [0.3, 0.4) is 0 Å². The van der Waals surface area contributed by atoms with E-state index in [1.165, 1.54) is 25.0 Å². The minimum Gasteiger partial charge on any atom is -0.345 e. The van der Waals surface area contributed by atoms with Gasteiger partial charge in [-0.3, -0.25) is 9.88 Å². The molecule has 0 bridgehead atoms. The summed E-state index contributed by atoms with van der Waals surface area (Å²) in [4.78, 5) is 23.5. The number of alkyl halides is 3. The number of aromatic nitrogens is 3. The van der Waals surface area contributed by atoms with Gasteiger partial charge in [-0.2, -0.15) is 13.2 Å². The Kier molecular flexibility index (Phi) is 9.56. The van der Waals surface area contributed by atoms with Crippen LogP contribution < -0.4 is 9.80 Å². The highest BCUT2D eigenvalue weighted by Crippen LogP contribution is 2.32. The lowest BCUT2D eigenvalue weighted by atomic mass is 9.97. The second-order valence-corrected chi connectivity index (χ2v) is 12.7. The number of nitrogens with zero attached hydrogens (tertiary/aromatic N) is 7. The van der Waals surface area contributed by atoms with Crippen LogP contribution in [-0.2, 0) is 12.7 Å². The van der Waals surface area contributed by atoms with E-state index in [9.17, 15) is 13.2 Å². The van der Waals surface area contributed by atoms with Crippen molar-refractivity contribution in [1.29, 1.82) is 0 Å². The van der Waals surface area contributed by atoms with Crippen molar-refractivity contribution in [1.82, 2.24) is 24.8 Å². The molecule has 242 valence electrons. The van der Waals surface area contributed by atoms with Crippen molar-refractivity contribution >= 4 is 17.3 Å². The largest absolute Gasteiger partial charge is 0.416 e. The van der Waals surface area contributed by atoms with Gasteiger partial charge in [-0.25, -0.2) is 9.97 Å². The van der Waals surface area contributed by atoms with E-state index >= 15 is 0 Å². The number of halogens is 3. The van der Waals surface area contributed by atoms with Gasteiger partial charge in [-0.15, -0.1) is 0 Å². The molecule has 0 unspecified atom stereocenters. The first kappa shape index (κ1) is 31.9. The van der Waals surface area contributed by atoms with Gasteiger partial charge in [-0.05, 0) is 107 Å². The Morgan fingerprint density at radius 2 is 1.57 bits per heavy atom. The third kappa shape index (κ3) is 7.50. The van der Waals surface area contributed by atoms with Gasteiger partial charge in [0.1, 0.15) is 0 Å². The predicted molar refractivity (Wildman–Crippen MR) is 177 cm³/mol. The maximum atomic E-state index is 13.2. The van der Waals surface area contributed by atoms with Crippen LogP contribution >= 0.6 is 0 Å². The van der Waals surface area contributed by atoms with Crippen LogP contribution in [0.2, 0.25) is 0 Å². The molecule has 4 aromatic rings. The minimum atomic E-state index is -4.38. The summed E-state index contributed by atoms with van der Waals surface area (Å²) in [5.74, 6) is 0.598. The Morgan fingerprint density at radius 1 is 0.848 bits per heavy atom. The molecule has 0 radical (unpaired) electrons. The lowest BCUT2D eigenvalue weighted by Crippen LogP contribution is -2.53. The summed E-state index contributed by atoms with van der Waals surface area (Å²) in [6.45, 7) is 6.88. The second-order valence-electron chi connectivity index (χ2n) is 12.7. The van der Waals surface area contributed by atoms with Crippen molar-refractivity contribution in [3.8, 4) is 11.3 Å². The molecule has 6 rings (SSSR count). The van der Waals surface area contributed by atoms with E-state index in [-0.39, 0.29) is 6.04 Å². The highest BCUT2D eigenvalue weighted by molar-refractivity contribution is 5.63. The number of likely N-dealkylation sites (tertiary alicyclic amines) is 2. The van der Waals surface area contributed by atoms with Crippen LogP contribution in [0, 0.1) is 6.92 Å². The number of pyridine rings is 1. The molecular formula is C36H42F3N7. The predicted octanol–water partition coefficient (Wildman–Crippen LogP) is 7.20. The van der Waals surface area contributed by atoms with Crippen molar-refractivity contribution in [3.63, 3.8) is 0 Å². The first-order valence-corrected chi connectivity index (χ1v) is 16.1. The van der Waals surface area contributed by atoms with Gasteiger partial charge in [0.25, 0.3) is 0 Å². The molecule has 0 saturated carbocycles. The van der Waals surface area contributed by atoms with Crippen LogP contribution in [0.25, 0.3) is 11.3 Å². The topological polar surface area (TPSA) is 51.6 Å². The van der Waals surface area contributed by atoms with E-state index in [2.05, 4.69) is 69.0 Å².